The van der Waals surface area contributed by atoms with Gasteiger partial charge in [-0.2, -0.15) is 0 Å². The third-order valence-electron chi connectivity index (χ3n) is 2.49. The summed E-state index contributed by atoms with van der Waals surface area (Å²) in [7, 11) is 0. The van der Waals surface area contributed by atoms with Gasteiger partial charge in [0, 0.05) is 10.7 Å². The number of carboxylic acid groups (broad SMARTS) is 1. The van der Waals surface area contributed by atoms with Gasteiger partial charge in [0.25, 0.3) is 0 Å². The standard InChI is InChI=1S/C10H10BrN3O3/c11-6-3-5-1-2-7(13-10(16)17)9(15)14-8(5)12-4-6/h3-4,7,13H,1-2H2,(H,16,17)(H,12,14,15)/t7-/m0/s1. The Morgan fingerprint density at radius 3 is 3.12 bits per heavy atom. The molecule has 6 nitrogen and oxygen atoms in total. The Kier molecular flexibility index (Phi) is 3.28. The van der Waals surface area contributed by atoms with Crippen LogP contribution in [-0.2, 0) is 11.2 Å². The summed E-state index contributed by atoms with van der Waals surface area (Å²) in [5.41, 5.74) is 0.891. The highest BCUT2D eigenvalue weighted by molar-refractivity contribution is 9.10. The predicted molar refractivity (Wildman–Crippen MR) is 63.8 cm³/mol. The number of hydrogen-bond donors (Lipinski definition) is 3. The number of pyridine rings is 1. The molecule has 0 aliphatic carbocycles. The van der Waals surface area contributed by atoms with Crippen molar-refractivity contribution in [2.45, 2.75) is 18.9 Å². The van der Waals surface area contributed by atoms with E-state index in [1.807, 2.05) is 6.07 Å². The van der Waals surface area contributed by atoms with Gasteiger partial charge in [0.05, 0.1) is 0 Å². The third kappa shape index (κ3) is 2.73. The van der Waals surface area contributed by atoms with Crippen LogP contribution in [0.4, 0.5) is 10.6 Å². The van der Waals surface area contributed by atoms with E-state index in [0.29, 0.717) is 18.7 Å². The van der Waals surface area contributed by atoms with Crippen molar-refractivity contribution < 1.29 is 14.7 Å². The van der Waals surface area contributed by atoms with Crippen LogP contribution in [0.15, 0.2) is 16.7 Å². The molecule has 0 unspecified atom stereocenters. The van der Waals surface area contributed by atoms with Crippen LogP contribution in [0.25, 0.3) is 0 Å². The number of aryl methyl sites for hydroxylation is 1. The minimum absolute atomic E-state index is 0.374. The minimum atomic E-state index is -1.20. The molecule has 0 fully saturated rings. The van der Waals surface area contributed by atoms with Gasteiger partial charge in [-0.1, -0.05) is 0 Å². The monoisotopic (exact) mass is 299 g/mol. The maximum atomic E-state index is 11.7. The summed E-state index contributed by atoms with van der Waals surface area (Å²) in [5, 5.41) is 13.4. The molecular weight excluding hydrogens is 290 g/mol. The number of nitrogens with one attached hydrogen (secondary N) is 2. The molecule has 2 heterocycles. The molecule has 0 saturated carbocycles. The molecule has 17 heavy (non-hydrogen) atoms. The first-order valence-corrected chi connectivity index (χ1v) is 5.80. The second-order valence-corrected chi connectivity index (χ2v) is 4.61. The first kappa shape index (κ1) is 11.8. The van der Waals surface area contributed by atoms with Gasteiger partial charge in [0.15, 0.2) is 0 Å². The average molecular weight is 300 g/mol. The van der Waals surface area contributed by atoms with Crippen molar-refractivity contribution in [1.82, 2.24) is 10.3 Å². The number of fused-ring (bicyclic) bond motifs is 1. The predicted octanol–water partition coefficient (Wildman–Crippen LogP) is 1.36. The Hall–Kier alpha value is -1.63. The van der Waals surface area contributed by atoms with Crippen LogP contribution >= 0.6 is 15.9 Å². The SMILES string of the molecule is O=C(O)N[C@H]1CCc2cc(Br)cnc2NC1=O. The van der Waals surface area contributed by atoms with Crippen molar-refractivity contribution in [1.29, 1.82) is 0 Å². The molecule has 0 aromatic carbocycles. The summed E-state index contributed by atoms with van der Waals surface area (Å²) < 4.78 is 0.829. The molecule has 1 atom stereocenters. The maximum absolute atomic E-state index is 11.7. The summed E-state index contributed by atoms with van der Waals surface area (Å²) in [4.78, 5) is 26.3. The van der Waals surface area contributed by atoms with Crippen molar-refractivity contribution in [2.75, 3.05) is 5.32 Å². The van der Waals surface area contributed by atoms with Crippen LogP contribution in [0.1, 0.15) is 12.0 Å². The molecule has 90 valence electrons. The van der Waals surface area contributed by atoms with Crippen LogP contribution < -0.4 is 10.6 Å². The van der Waals surface area contributed by atoms with Crippen molar-refractivity contribution >= 4 is 33.7 Å². The molecule has 0 bridgehead atoms. The molecule has 1 aromatic rings. The van der Waals surface area contributed by atoms with Crippen LogP contribution in [0, 0.1) is 0 Å². The van der Waals surface area contributed by atoms with E-state index in [4.69, 9.17) is 5.11 Å². The summed E-state index contributed by atoms with van der Waals surface area (Å²) in [5.74, 6) is 0.119. The van der Waals surface area contributed by atoms with Crippen LogP contribution in [0.2, 0.25) is 0 Å². The van der Waals surface area contributed by atoms with E-state index < -0.39 is 12.1 Å². The van der Waals surface area contributed by atoms with E-state index in [0.717, 1.165) is 10.0 Å². The number of aromatic nitrogens is 1. The van der Waals surface area contributed by atoms with E-state index in [1.54, 1.807) is 6.20 Å². The lowest BCUT2D eigenvalue weighted by molar-refractivity contribution is -0.118. The van der Waals surface area contributed by atoms with Gasteiger partial charge in [-0.3, -0.25) is 4.79 Å². The highest BCUT2D eigenvalue weighted by atomic mass is 79.9. The summed E-state index contributed by atoms with van der Waals surface area (Å²) in [6.45, 7) is 0. The van der Waals surface area contributed by atoms with Crippen molar-refractivity contribution in [3.8, 4) is 0 Å². The zero-order chi connectivity index (χ0) is 12.4. The lowest BCUT2D eigenvalue weighted by Gasteiger charge is -2.11. The summed E-state index contributed by atoms with van der Waals surface area (Å²) in [6.07, 6.45) is 1.39. The number of rotatable bonds is 1. The summed E-state index contributed by atoms with van der Waals surface area (Å²) in [6, 6.07) is 1.13. The van der Waals surface area contributed by atoms with Crippen molar-refractivity contribution in [3.63, 3.8) is 0 Å². The molecular formula is C10H10BrN3O3. The number of amides is 2. The fraction of sp³-hybridized carbons (Fsp3) is 0.300. The van der Waals surface area contributed by atoms with Crippen LogP contribution in [0.3, 0.4) is 0 Å². The highest BCUT2D eigenvalue weighted by Crippen LogP contribution is 2.22. The molecule has 0 spiro atoms. The number of anilines is 1. The van der Waals surface area contributed by atoms with E-state index in [1.165, 1.54) is 0 Å². The second kappa shape index (κ2) is 4.70. The van der Waals surface area contributed by atoms with Gasteiger partial charge < -0.3 is 15.7 Å². The van der Waals surface area contributed by atoms with Gasteiger partial charge in [0.2, 0.25) is 5.91 Å². The molecule has 1 aliphatic heterocycles. The molecule has 2 rings (SSSR count). The molecule has 0 saturated heterocycles. The number of carbonyl (C=O) groups is 2. The minimum Gasteiger partial charge on any atom is -0.465 e. The Morgan fingerprint density at radius 1 is 1.65 bits per heavy atom. The number of hydrogen-bond acceptors (Lipinski definition) is 3. The Balaban J connectivity index is 2.22. The molecule has 7 heteroatoms. The molecule has 0 radical (unpaired) electrons. The van der Waals surface area contributed by atoms with Gasteiger partial charge in [-0.05, 0) is 40.4 Å². The number of halogens is 1. The van der Waals surface area contributed by atoms with E-state index in [2.05, 4.69) is 31.5 Å². The Morgan fingerprint density at radius 2 is 2.41 bits per heavy atom. The van der Waals surface area contributed by atoms with Crippen LogP contribution in [-0.4, -0.2) is 28.1 Å². The fourth-order valence-electron chi connectivity index (χ4n) is 1.71. The lowest BCUT2D eigenvalue weighted by Crippen LogP contribution is -2.42. The topological polar surface area (TPSA) is 91.3 Å². The first-order valence-electron chi connectivity index (χ1n) is 5.01. The van der Waals surface area contributed by atoms with E-state index >= 15 is 0 Å². The maximum Gasteiger partial charge on any atom is 0.405 e. The van der Waals surface area contributed by atoms with Gasteiger partial charge in [-0.15, -0.1) is 0 Å². The summed E-state index contributed by atoms with van der Waals surface area (Å²) >= 11 is 3.30. The van der Waals surface area contributed by atoms with Gasteiger partial charge in [-0.25, -0.2) is 9.78 Å². The van der Waals surface area contributed by atoms with Gasteiger partial charge in [0.1, 0.15) is 11.9 Å². The lowest BCUT2D eigenvalue weighted by atomic mass is 10.1. The quantitative estimate of drug-likeness (QED) is 0.730. The van der Waals surface area contributed by atoms with E-state index in [-0.39, 0.29) is 5.91 Å². The molecule has 3 N–H and O–H groups in total. The normalized spacial score (nSPS) is 18.9. The smallest absolute Gasteiger partial charge is 0.405 e. The average Bonchev–Trinajstić information content (AvgIpc) is 2.39. The third-order valence-corrected chi connectivity index (χ3v) is 2.93. The van der Waals surface area contributed by atoms with Crippen molar-refractivity contribution in [2.24, 2.45) is 0 Å². The number of nitrogens with zero attached hydrogens (tertiary/aromatic N) is 1. The van der Waals surface area contributed by atoms with Crippen LogP contribution in [0.5, 0.6) is 0 Å². The molecule has 1 aliphatic rings. The second-order valence-electron chi connectivity index (χ2n) is 3.69. The molecule has 1 aromatic heterocycles. The van der Waals surface area contributed by atoms with Crippen molar-refractivity contribution in [3.05, 3.63) is 22.3 Å². The zero-order valence-electron chi connectivity index (χ0n) is 8.74. The zero-order valence-corrected chi connectivity index (χ0v) is 10.3. The first-order chi connectivity index (χ1) is 8.06. The highest BCUT2D eigenvalue weighted by Gasteiger charge is 2.25. The fourth-order valence-corrected chi connectivity index (χ4v) is 2.08. The van der Waals surface area contributed by atoms with E-state index in [9.17, 15) is 9.59 Å². The number of carbonyl (C=O) groups excluding carboxylic acids is 1. The Labute approximate surface area is 106 Å². The molecule has 2 amide bonds. The Bertz CT molecular complexity index is 478. The largest absolute Gasteiger partial charge is 0.465 e. The van der Waals surface area contributed by atoms with Gasteiger partial charge >= 0.3 is 6.09 Å².